The first-order chi connectivity index (χ1) is 5.66. The lowest BCUT2D eigenvalue weighted by Crippen LogP contribution is -2.19. The first kappa shape index (κ1) is 11.5. The highest BCUT2D eigenvalue weighted by Gasteiger charge is 2.02. The van der Waals surface area contributed by atoms with Crippen LogP contribution < -0.4 is 0 Å². The van der Waals surface area contributed by atoms with E-state index < -0.39 is 0 Å². The van der Waals surface area contributed by atoms with Gasteiger partial charge in [0.1, 0.15) is 0 Å². The summed E-state index contributed by atoms with van der Waals surface area (Å²) in [6, 6.07) is 0. The molecule has 12 heavy (non-hydrogen) atoms. The molecule has 0 aromatic heterocycles. The molecule has 0 aliphatic heterocycles. The van der Waals surface area contributed by atoms with E-state index in [1.807, 2.05) is 21.0 Å². The highest BCUT2D eigenvalue weighted by molar-refractivity contribution is 4.94. The topological polar surface area (TPSA) is 23.5 Å². The molecular weight excluding hydrogens is 150 g/mol. The van der Waals surface area contributed by atoms with E-state index in [0.29, 0.717) is 0 Å². The molecule has 70 valence electrons. The highest BCUT2D eigenvalue weighted by Crippen LogP contribution is 2.01. The van der Waals surface area contributed by atoms with Crippen LogP contribution in [0.15, 0.2) is 0 Å². The molecule has 0 spiro atoms. The van der Waals surface area contributed by atoms with E-state index in [9.17, 15) is 5.11 Å². The second kappa shape index (κ2) is 7.15. The van der Waals surface area contributed by atoms with Crippen molar-refractivity contribution in [1.82, 2.24) is 4.90 Å². The third kappa shape index (κ3) is 7.59. The van der Waals surface area contributed by atoms with Gasteiger partial charge in [-0.05, 0) is 40.4 Å². The molecule has 0 aliphatic rings. The summed E-state index contributed by atoms with van der Waals surface area (Å²) in [5.74, 6) is 5.76. The Labute approximate surface area is 75.6 Å². The van der Waals surface area contributed by atoms with E-state index in [0.717, 1.165) is 25.8 Å². The first-order valence-electron chi connectivity index (χ1n) is 4.39. The van der Waals surface area contributed by atoms with Crippen LogP contribution in [0.2, 0.25) is 0 Å². The maximum Gasteiger partial charge on any atom is 0.0561 e. The Morgan fingerprint density at radius 1 is 1.33 bits per heavy atom. The number of hydrogen-bond donors (Lipinski definition) is 1. The van der Waals surface area contributed by atoms with Gasteiger partial charge in [-0.1, -0.05) is 0 Å². The van der Waals surface area contributed by atoms with E-state index in [4.69, 9.17) is 0 Å². The molecule has 0 rings (SSSR count). The van der Waals surface area contributed by atoms with Crippen molar-refractivity contribution in [2.45, 2.75) is 32.3 Å². The average molecular weight is 169 g/mol. The van der Waals surface area contributed by atoms with Crippen LogP contribution in [-0.2, 0) is 0 Å². The van der Waals surface area contributed by atoms with E-state index in [1.165, 1.54) is 0 Å². The molecule has 2 nitrogen and oxygen atoms in total. The van der Waals surface area contributed by atoms with Crippen molar-refractivity contribution < 1.29 is 5.11 Å². The second-order valence-corrected chi connectivity index (χ2v) is 3.21. The van der Waals surface area contributed by atoms with E-state index in [1.54, 1.807) is 0 Å². The Hall–Kier alpha value is -0.520. The Morgan fingerprint density at radius 2 is 2.00 bits per heavy atom. The fourth-order valence-corrected chi connectivity index (χ4v) is 0.915. The molecule has 1 N–H and O–H groups in total. The minimum atomic E-state index is -0.187. The van der Waals surface area contributed by atoms with E-state index in [-0.39, 0.29) is 6.10 Å². The lowest BCUT2D eigenvalue weighted by molar-refractivity contribution is 0.144. The number of hydrogen-bond acceptors (Lipinski definition) is 2. The van der Waals surface area contributed by atoms with Gasteiger partial charge < -0.3 is 10.0 Å². The second-order valence-electron chi connectivity index (χ2n) is 3.21. The number of rotatable bonds is 5. The van der Waals surface area contributed by atoms with Crippen LogP contribution in [-0.4, -0.2) is 36.8 Å². The van der Waals surface area contributed by atoms with Gasteiger partial charge in [0.25, 0.3) is 0 Å². The summed E-state index contributed by atoms with van der Waals surface area (Å²) in [7, 11) is 4.02. The largest absolute Gasteiger partial charge is 0.393 e. The summed E-state index contributed by atoms with van der Waals surface area (Å²) in [6.07, 6.45) is 2.27. The van der Waals surface area contributed by atoms with Crippen LogP contribution in [0, 0.1) is 11.8 Å². The minimum Gasteiger partial charge on any atom is -0.393 e. The minimum absolute atomic E-state index is 0.187. The molecule has 0 aromatic rings. The van der Waals surface area contributed by atoms with Crippen molar-refractivity contribution in [2.24, 2.45) is 0 Å². The SMILES string of the molecule is CC#CCCC(O)CCN(C)C. The quantitative estimate of drug-likeness (QED) is 0.623. The normalized spacial score (nSPS) is 12.4. The zero-order valence-corrected chi connectivity index (χ0v) is 8.30. The van der Waals surface area contributed by atoms with Gasteiger partial charge in [-0.25, -0.2) is 0 Å². The van der Waals surface area contributed by atoms with Crippen LogP contribution in [0.25, 0.3) is 0 Å². The molecule has 0 fully saturated rings. The van der Waals surface area contributed by atoms with Crippen molar-refractivity contribution in [2.75, 3.05) is 20.6 Å². The summed E-state index contributed by atoms with van der Waals surface area (Å²) < 4.78 is 0. The van der Waals surface area contributed by atoms with Crippen LogP contribution in [0.1, 0.15) is 26.2 Å². The molecule has 0 radical (unpaired) electrons. The summed E-state index contributed by atoms with van der Waals surface area (Å²) in [6.45, 7) is 2.77. The van der Waals surface area contributed by atoms with Crippen LogP contribution in [0.5, 0.6) is 0 Å². The van der Waals surface area contributed by atoms with Gasteiger partial charge in [0, 0.05) is 6.42 Å². The smallest absolute Gasteiger partial charge is 0.0561 e. The predicted molar refractivity (Wildman–Crippen MR) is 51.9 cm³/mol. The molecule has 1 atom stereocenters. The maximum absolute atomic E-state index is 9.43. The van der Waals surface area contributed by atoms with Gasteiger partial charge in [-0.15, -0.1) is 11.8 Å². The van der Waals surface area contributed by atoms with Gasteiger partial charge in [-0.2, -0.15) is 0 Å². The Kier molecular flexibility index (Phi) is 6.84. The van der Waals surface area contributed by atoms with Gasteiger partial charge in [-0.3, -0.25) is 0 Å². The molecule has 0 amide bonds. The summed E-state index contributed by atoms with van der Waals surface area (Å²) >= 11 is 0. The molecule has 0 saturated carbocycles. The third-order valence-electron chi connectivity index (χ3n) is 1.69. The van der Waals surface area contributed by atoms with Crippen LogP contribution >= 0.6 is 0 Å². The van der Waals surface area contributed by atoms with Gasteiger partial charge >= 0.3 is 0 Å². The van der Waals surface area contributed by atoms with Gasteiger partial charge in [0.05, 0.1) is 6.10 Å². The van der Waals surface area contributed by atoms with E-state index >= 15 is 0 Å². The van der Waals surface area contributed by atoms with Crippen molar-refractivity contribution in [3.05, 3.63) is 0 Å². The molecule has 0 aromatic carbocycles. The molecule has 2 heteroatoms. The lowest BCUT2D eigenvalue weighted by Gasteiger charge is -2.12. The first-order valence-corrected chi connectivity index (χ1v) is 4.39. The molecular formula is C10H19NO. The molecule has 0 saturated heterocycles. The highest BCUT2D eigenvalue weighted by atomic mass is 16.3. The number of aliphatic hydroxyl groups is 1. The molecule has 0 bridgehead atoms. The summed E-state index contributed by atoms with van der Waals surface area (Å²) in [5, 5.41) is 9.43. The molecule has 0 aliphatic carbocycles. The number of aliphatic hydroxyl groups excluding tert-OH is 1. The van der Waals surface area contributed by atoms with Crippen molar-refractivity contribution in [1.29, 1.82) is 0 Å². The molecule has 1 unspecified atom stereocenters. The monoisotopic (exact) mass is 169 g/mol. The van der Waals surface area contributed by atoms with Crippen molar-refractivity contribution in [3.8, 4) is 11.8 Å². The zero-order valence-electron chi connectivity index (χ0n) is 8.30. The maximum atomic E-state index is 9.43. The van der Waals surface area contributed by atoms with Crippen molar-refractivity contribution >= 4 is 0 Å². The van der Waals surface area contributed by atoms with Gasteiger partial charge in [0.15, 0.2) is 0 Å². The Morgan fingerprint density at radius 3 is 2.50 bits per heavy atom. The predicted octanol–water partition coefficient (Wildman–Crippen LogP) is 1.10. The fourth-order valence-electron chi connectivity index (χ4n) is 0.915. The summed E-state index contributed by atoms with van der Waals surface area (Å²) in [4.78, 5) is 2.08. The summed E-state index contributed by atoms with van der Waals surface area (Å²) in [5.41, 5.74) is 0. The molecule has 0 heterocycles. The van der Waals surface area contributed by atoms with Crippen LogP contribution in [0.3, 0.4) is 0 Å². The average Bonchev–Trinajstić information content (AvgIpc) is 2.01. The Balaban J connectivity index is 3.31. The van der Waals surface area contributed by atoms with Gasteiger partial charge in [0.2, 0.25) is 0 Å². The standard InChI is InChI=1S/C10H19NO/c1-4-5-6-7-10(12)8-9-11(2)3/h10,12H,6-9H2,1-3H3. The fraction of sp³-hybridized carbons (Fsp3) is 0.800. The third-order valence-corrected chi connectivity index (χ3v) is 1.69. The van der Waals surface area contributed by atoms with Crippen molar-refractivity contribution in [3.63, 3.8) is 0 Å². The van der Waals surface area contributed by atoms with Crippen LogP contribution in [0.4, 0.5) is 0 Å². The number of nitrogens with zero attached hydrogens (tertiary/aromatic N) is 1. The van der Waals surface area contributed by atoms with E-state index in [2.05, 4.69) is 16.7 Å². The lowest BCUT2D eigenvalue weighted by atomic mass is 10.1. The zero-order chi connectivity index (χ0) is 9.40. The Bertz CT molecular complexity index is 155.